The molecule has 0 saturated heterocycles. The van der Waals surface area contributed by atoms with Gasteiger partial charge < -0.3 is 21.3 Å². The molecule has 0 bridgehead atoms. The highest BCUT2D eigenvalue weighted by Gasteiger charge is 2.19. The third-order valence-electron chi connectivity index (χ3n) is 3.50. The summed E-state index contributed by atoms with van der Waals surface area (Å²) in [7, 11) is 0. The minimum absolute atomic E-state index is 0.130. The summed E-state index contributed by atoms with van der Waals surface area (Å²) in [5.74, 6) is 0.641. The minimum Gasteiger partial charge on any atom is -0.393 e. The quantitative estimate of drug-likeness (QED) is 0.469. The van der Waals surface area contributed by atoms with Gasteiger partial charge in [-0.1, -0.05) is 6.07 Å². The van der Waals surface area contributed by atoms with Crippen molar-refractivity contribution in [2.75, 3.05) is 24.2 Å². The highest BCUT2D eigenvalue weighted by atomic mass is 16.3. The molecule has 0 saturated carbocycles. The molecule has 0 aliphatic heterocycles. The number of aromatic amines is 1. The van der Waals surface area contributed by atoms with E-state index < -0.39 is 5.60 Å². The molecule has 0 radical (unpaired) electrons. The molecule has 2 aromatic heterocycles. The van der Waals surface area contributed by atoms with Crippen LogP contribution in [0.2, 0.25) is 0 Å². The lowest BCUT2D eigenvalue weighted by Gasteiger charge is -2.21. The number of nitrogens with zero attached hydrogens (tertiary/aromatic N) is 3. The van der Waals surface area contributed by atoms with E-state index in [9.17, 15) is 5.11 Å². The number of aliphatic hydroxyl groups is 2. The summed E-state index contributed by atoms with van der Waals surface area (Å²) in [5, 5.41) is 29.6. The average molecular weight is 314 g/mol. The molecule has 0 aliphatic carbocycles. The predicted molar refractivity (Wildman–Crippen MR) is 87.7 cm³/mol. The van der Waals surface area contributed by atoms with Gasteiger partial charge in [0.25, 0.3) is 0 Å². The van der Waals surface area contributed by atoms with Crippen molar-refractivity contribution >= 4 is 22.7 Å². The lowest BCUT2D eigenvalue weighted by atomic mass is 10.1. The molecule has 0 fully saturated rings. The molecule has 2 heterocycles. The van der Waals surface area contributed by atoms with Gasteiger partial charge in [-0.05, 0) is 25.1 Å². The van der Waals surface area contributed by atoms with Crippen molar-refractivity contribution < 1.29 is 10.2 Å². The highest BCUT2D eigenvalue weighted by Crippen LogP contribution is 2.26. The van der Waals surface area contributed by atoms with Gasteiger partial charge in [0, 0.05) is 23.7 Å². The minimum atomic E-state index is -1.25. The van der Waals surface area contributed by atoms with Crippen molar-refractivity contribution in [3.8, 4) is 11.3 Å². The Kier molecular flexibility index (Phi) is 3.85. The number of aliphatic hydroxyl groups excluding tert-OH is 1. The maximum atomic E-state index is 9.90. The molecular formula is C15H18N6O2. The predicted octanol–water partition coefficient (Wildman–Crippen LogP) is 0.757. The third kappa shape index (κ3) is 3.22. The van der Waals surface area contributed by atoms with Crippen LogP contribution in [0.15, 0.2) is 30.5 Å². The van der Waals surface area contributed by atoms with Crippen LogP contribution in [0.1, 0.15) is 6.92 Å². The number of anilines is 2. The zero-order chi connectivity index (χ0) is 16.4. The van der Waals surface area contributed by atoms with Crippen molar-refractivity contribution in [2.24, 2.45) is 0 Å². The van der Waals surface area contributed by atoms with Crippen molar-refractivity contribution in [2.45, 2.75) is 12.5 Å². The number of rotatable bonds is 5. The van der Waals surface area contributed by atoms with E-state index in [0.29, 0.717) is 11.3 Å². The van der Waals surface area contributed by atoms with Crippen LogP contribution in [-0.2, 0) is 0 Å². The fourth-order valence-corrected chi connectivity index (χ4v) is 2.20. The van der Waals surface area contributed by atoms with E-state index in [2.05, 4.69) is 25.5 Å². The zero-order valence-electron chi connectivity index (χ0n) is 12.6. The van der Waals surface area contributed by atoms with E-state index in [4.69, 9.17) is 10.8 Å². The standard InChI is InChI=1S/C15H18N6O2/c1-15(23,8-22)7-17-13-10-3-2-9(11-4-5-18-21-11)6-12(10)19-14(16)20-13/h2-6,22-23H,7-8H2,1H3,(H,18,21)(H3,16,17,19,20). The molecule has 0 amide bonds. The molecule has 1 atom stereocenters. The Balaban J connectivity index is 1.99. The molecule has 8 heteroatoms. The first-order valence-electron chi connectivity index (χ1n) is 7.13. The largest absolute Gasteiger partial charge is 0.393 e. The lowest BCUT2D eigenvalue weighted by Crippen LogP contribution is -2.37. The van der Waals surface area contributed by atoms with Gasteiger partial charge in [-0.3, -0.25) is 5.10 Å². The molecule has 1 aromatic carbocycles. The van der Waals surface area contributed by atoms with Gasteiger partial charge in [-0.25, -0.2) is 4.98 Å². The summed E-state index contributed by atoms with van der Waals surface area (Å²) in [5.41, 5.74) is 7.01. The molecule has 23 heavy (non-hydrogen) atoms. The number of nitrogen functional groups attached to an aromatic ring is 1. The summed E-state index contributed by atoms with van der Waals surface area (Å²) < 4.78 is 0. The molecule has 1 unspecified atom stereocenters. The Morgan fingerprint density at radius 1 is 1.30 bits per heavy atom. The first-order chi connectivity index (χ1) is 11.0. The van der Waals surface area contributed by atoms with Crippen molar-refractivity contribution in [3.63, 3.8) is 0 Å². The number of hydrogen-bond acceptors (Lipinski definition) is 7. The number of hydrogen-bond donors (Lipinski definition) is 5. The molecule has 8 nitrogen and oxygen atoms in total. The molecule has 6 N–H and O–H groups in total. The van der Waals surface area contributed by atoms with E-state index in [1.165, 1.54) is 6.92 Å². The smallest absolute Gasteiger partial charge is 0.222 e. The molecule has 120 valence electrons. The van der Waals surface area contributed by atoms with Crippen molar-refractivity contribution in [1.82, 2.24) is 20.2 Å². The average Bonchev–Trinajstić information content (AvgIpc) is 3.06. The molecule has 0 aliphatic rings. The van der Waals surface area contributed by atoms with E-state index in [1.807, 2.05) is 24.3 Å². The Labute approximate surface area is 132 Å². The fourth-order valence-electron chi connectivity index (χ4n) is 2.20. The number of nitrogens with two attached hydrogens (primary N) is 1. The Morgan fingerprint density at radius 3 is 2.83 bits per heavy atom. The van der Waals surface area contributed by atoms with Gasteiger partial charge in [-0.2, -0.15) is 10.1 Å². The van der Waals surface area contributed by atoms with Gasteiger partial charge >= 0.3 is 0 Å². The summed E-state index contributed by atoms with van der Waals surface area (Å²) in [6, 6.07) is 7.55. The summed E-state index contributed by atoms with van der Waals surface area (Å²) in [4.78, 5) is 8.43. The van der Waals surface area contributed by atoms with E-state index in [-0.39, 0.29) is 19.1 Å². The van der Waals surface area contributed by atoms with Crippen LogP contribution in [0.25, 0.3) is 22.2 Å². The molecule has 0 spiro atoms. The first-order valence-corrected chi connectivity index (χ1v) is 7.13. The van der Waals surface area contributed by atoms with Crippen LogP contribution in [0.3, 0.4) is 0 Å². The van der Waals surface area contributed by atoms with Crippen LogP contribution in [-0.4, -0.2) is 49.1 Å². The fraction of sp³-hybridized carbons (Fsp3) is 0.267. The second-order valence-corrected chi connectivity index (χ2v) is 5.64. The second kappa shape index (κ2) is 5.82. The third-order valence-corrected chi connectivity index (χ3v) is 3.50. The second-order valence-electron chi connectivity index (χ2n) is 5.64. The van der Waals surface area contributed by atoms with E-state index in [1.54, 1.807) is 6.20 Å². The van der Waals surface area contributed by atoms with Crippen LogP contribution in [0.5, 0.6) is 0 Å². The number of benzene rings is 1. The van der Waals surface area contributed by atoms with Gasteiger partial charge in [-0.15, -0.1) is 0 Å². The van der Waals surface area contributed by atoms with Crippen LogP contribution < -0.4 is 11.1 Å². The first kappa shape index (κ1) is 15.2. The van der Waals surface area contributed by atoms with E-state index in [0.717, 1.165) is 16.6 Å². The lowest BCUT2D eigenvalue weighted by molar-refractivity contribution is 0.0132. The maximum absolute atomic E-state index is 9.90. The van der Waals surface area contributed by atoms with Crippen LogP contribution in [0.4, 0.5) is 11.8 Å². The number of fused-ring (bicyclic) bond motifs is 1. The van der Waals surface area contributed by atoms with Crippen LogP contribution in [0, 0.1) is 0 Å². The normalized spacial score (nSPS) is 13.9. The highest BCUT2D eigenvalue weighted by molar-refractivity contribution is 5.92. The number of aromatic nitrogens is 4. The van der Waals surface area contributed by atoms with Gasteiger partial charge in [0.1, 0.15) is 11.4 Å². The SMILES string of the molecule is CC(O)(CO)CNc1nc(N)nc2cc(-c3ccn[nH]3)ccc12. The Hall–Kier alpha value is -2.71. The van der Waals surface area contributed by atoms with Gasteiger partial charge in [0.2, 0.25) is 5.95 Å². The van der Waals surface area contributed by atoms with Crippen molar-refractivity contribution in [3.05, 3.63) is 30.5 Å². The molecular weight excluding hydrogens is 296 g/mol. The Morgan fingerprint density at radius 2 is 2.13 bits per heavy atom. The zero-order valence-corrected chi connectivity index (χ0v) is 12.6. The Bertz CT molecular complexity index is 816. The molecule has 3 rings (SSSR count). The monoisotopic (exact) mass is 314 g/mol. The van der Waals surface area contributed by atoms with Gasteiger partial charge in [0.05, 0.1) is 17.8 Å². The molecule has 3 aromatic rings. The topological polar surface area (TPSA) is 133 Å². The summed E-state index contributed by atoms with van der Waals surface area (Å²) in [6.45, 7) is 1.31. The number of H-pyrrole nitrogens is 1. The summed E-state index contributed by atoms with van der Waals surface area (Å²) in [6.07, 6.45) is 1.68. The van der Waals surface area contributed by atoms with Gasteiger partial charge in [0.15, 0.2) is 0 Å². The summed E-state index contributed by atoms with van der Waals surface area (Å²) >= 11 is 0. The van der Waals surface area contributed by atoms with E-state index >= 15 is 0 Å². The maximum Gasteiger partial charge on any atom is 0.222 e. The van der Waals surface area contributed by atoms with Crippen LogP contribution >= 0.6 is 0 Å². The van der Waals surface area contributed by atoms with Crippen molar-refractivity contribution in [1.29, 1.82) is 0 Å². The number of nitrogens with one attached hydrogen (secondary N) is 2.